The number of fused-ring (bicyclic) bond motifs is 1. The molecule has 11 nitrogen and oxygen atoms in total. The van der Waals surface area contributed by atoms with Gasteiger partial charge < -0.3 is 0 Å². The van der Waals surface area contributed by atoms with Gasteiger partial charge in [0.2, 0.25) is 11.9 Å². The second kappa shape index (κ2) is 5.81. The molecule has 1 aliphatic heterocycles. The predicted octanol–water partition coefficient (Wildman–Crippen LogP) is 0.946. The Labute approximate surface area is 142 Å². The highest BCUT2D eigenvalue weighted by Gasteiger charge is 2.26. The third-order valence-electron chi connectivity index (χ3n) is 3.66. The first-order valence-electron chi connectivity index (χ1n) is 7.20. The quantitative estimate of drug-likeness (QED) is 0.604. The molecule has 0 aliphatic carbocycles. The van der Waals surface area contributed by atoms with Crippen LogP contribution in [0.3, 0.4) is 0 Å². The number of sulfonamides is 1. The van der Waals surface area contributed by atoms with Gasteiger partial charge in [0, 0.05) is 18.1 Å². The molecule has 2 aromatic rings. The van der Waals surface area contributed by atoms with Gasteiger partial charge in [0.05, 0.1) is 16.4 Å². The van der Waals surface area contributed by atoms with Crippen molar-refractivity contribution in [1.82, 2.24) is 14.8 Å². The van der Waals surface area contributed by atoms with E-state index in [4.69, 9.17) is 0 Å². The van der Waals surface area contributed by atoms with Gasteiger partial charge in [-0.05, 0) is 25.5 Å². The molecular weight excluding hydrogens is 352 g/mol. The van der Waals surface area contributed by atoms with E-state index in [0.717, 1.165) is 0 Å². The molecule has 3 rings (SSSR count). The van der Waals surface area contributed by atoms with Crippen molar-refractivity contribution >= 4 is 33.5 Å². The molecule has 2 heterocycles. The average Bonchev–Trinajstić information content (AvgIpc) is 2.89. The van der Waals surface area contributed by atoms with Crippen molar-refractivity contribution in [2.75, 3.05) is 10.0 Å². The molecule has 1 aromatic heterocycles. The molecule has 0 saturated heterocycles. The number of rotatable bonds is 4. The van der Waals surface area contributed by atoms with E-state index in [9.17, 15) is 23.3 Å². The highest BCUT2D eigenvalue weighted by molar-refractivity contribution is 7.92. The van der Waals surface area contributed by atoms with Crippen LogP contribution in [0, 0.1) is 24.0 Å². The molecule has 12 heteroatoms. The Hall–Kier alpha value is -3.02. The number of benzene rings is 1. The monoisotopic (exact) mass is 366 g/mol. The summed E-state index contributed by atoms with van der Waals surface area (Å²) in [7, 11) is -4.14. The van der Waals surface area contributed by atoms with Crippen LogP contribution in [0.4, 0.5) is 17.6 Å². The minimum atomic E-state index is -4.14. The molecular formula is C13H14N6O5S. The van der Waals surface area contributed by atoms with Crippen LogP contribution in [0.5, 0.6) is 0 Å². The predicted molar refractivity (Wildman–Crippen MR) is 86.6 cm³/mol. The lowest BCUT2D eigenvalue weighted by Crippen LogP contribution is -2.23. The van der Waals surface area contributed by atoms with E-state index >= 15 is 0 Å². The summed E-state index contributed by atoms with van der Waals surface area (Å²) in [6.45, 7) is 3.21. The van der Waals surface area contributed by atoms with Crippen LogP contribution >= 0.6 is 0 Å². The van der Waals surface area contributed by atoms with Gasteiger partial charge in [0.25, 0.3) is 21.7 Å². The van der Waals surface area contributed by atoms with Crippen LogP contribution in [0.15, 0.2) is 17.0 Å². The van der Waals surface area contributed by atoms with Gasteiger partial charge >= 0.3 is 0 Å². The van der Waals surface area contributed by atoms with Gasteiger partial charge in [-0.3, -0.25) is 20.2 Å². The summed E-state index contributed by atoms with van der Waals surface area (Å²) < 4.78 is 28.8. The molecule has 1 aliphatic rings. The summed E-state index contributed by atoms with van der Waals surface area (Å²) in [6.07, 6.45) is 0.214. The first kappa shape index (κ1) is 16.8. The lowest BCUT2D eigenvalue weighted by Gasteiger charge is -2.11. The van der Waals surface area contributed by atoms with E-state index < -0.39 is 14.9 Å². The highest BCUT2D eigenvalue weighted by atomic mass is 32.2. The van der Waals surface area contributed by atoms with Crippen molar-refractivity contribution < 1.29 is 18.1 Å². The SMILES string of the molecule is Cc1cc([N+](=O)[O-])c(C)c(S(=O)(=O)Nc2nc3n(n2)CCC(=O)N3)c1. The Morgan fingerprint density at radius 1 is 1.36 bits per heavy atom. The maximum absolute atomic E-state index is 12.6. The number of nitrogens with one attached hydrogen (secondary N) is 2. The van der Waals surface area contributed by atoms with Gasteiger partial charge in [0.1, 0.15) is 0 Å². The van der Waals surface area contributed by atoms with Gasteiger partial charge in [-0.15, -0.1) is 5.10 Å². The summed E-state index contributed by atoms with van der Waals surface area (Å²) in [6, 6.07) is 2.64. The molecule has 0 saturated carbocycles. The molecule has 0 spiro atoms. The zero-order valence-electron chi connectivity index (χ0n) is 13.3. The Morgan fingerprint density at radius 2 is 2.08 bits per heavy atom. The van der Waals surface area contributed by atoms with E-state index in [2.05, 4.69) is 20.1 Å². The Balaban J connectivity index is 1.98. The number of hydrogen-bond donors (Lipinski definition) is 2. The largest absolute Gasteiger partial charge is 0.295 e. The summed E-state index contributed by atoms with van der Waals surface area (Å²) in [5, 5.41) is 17.5. The van der Waals surface area contributed by atoms with Gasteiger partial charge in [-0.25, -0.2) is 17.8 Å². The van der Waals surface area contributed by atoms with Crippen LogP contribution in [0.25, 0.3) is 0 Å². The lowest BCUT2D eigenvalue weighted by atomic mass is 10.1. The molecule has 0 bridgehead atoms. The molecule has 0 radical (unpaired) electrons. The number of anilines is 2. The molecule has 2 N–H and O–H groups in total. The van der Waals surface area contributed by atoms with E-state index in [1.165, 1.54) is 23.7 Å². The van der Waals surface area contributed by atoms with E-state index in [1.54, 1.807) is 6.92 Å². The molecule has 0 atom stereocenters. The second-order valence-corrected chi connectivity index (χ2v) is 7.20. The highest BCUT2D eigenvalue weighted by Crippen LogP contribution is 2.28. The number of aromatic nitrogens is 3. The fraction of sp³-hybridized carbons (Fsp3) is 0.308. The van der Waals surface area contributed by atoms with E-state index in [0.29, 0.717) is 5.56 Å². The van der Waals surface area contributed by atoms with Crippen LogP contribution < -0.4 is 10.0 Å². The summed E-state index contributed by atoms with van der Waals surface area (Å²) in [5.41, 5.74) is 0.159. The van der Waals surface area contributed by atoms with E-state index in [1.807, 2.05) is 0 Å². The topological polar surface area (TPSA) is 149 Å². The number of carbonyl (C=O) groups excluding carboxylic acids is 1. The summed E-state index contributed by atoms with van der Waals surface area (Å²) in [5.74, 6) is -0.318. The fourth-order valence-electron chi connectivity index (χ4n) is 2.48. The maximum Gasteiger partial charge on any atom is 0.273 e. The van der Waals surface area contributed by atoms with Crippen LogP contribution in [0.2, 0.25) is 0 Å². The number of nitro benzene ring substituents is 1. The van der Waals surface area contributed by atoms with Crippen molar-refractivity contribution in [3.8, 4) is 0 Å². The number of nitro groups is 1. The number of nitrogens with zero attached hydrogens (tertiary/aromatic N) is 4. The molecule has 25 heavy (non-hydrogen) atoms. The second-order valence-electron chi connectivity index (χ2n) is 5.55. The molecule has 0 unspecified atom stereocenters. The number of amides is 1. The fourth-order valence-corrected chi connectivity index (χ4v) is 3.76. The van der Waals surface area contributed by atoms with Crippen molar-refractivity contribution in [1.29, 1.82) is 0 Å². The Bertz CT molecular complexity index is 997. The summed E-state index contributed by atoms with van der Waals surface area (Å²) >= 11 is 0. The van der Waals surface area contributed by atoms with Crippen LogP contribution in [-0.4, -0.2) is 34.0 Å². The smallest absolute Gasteiger partial charge is 0.273 e. The number of aryl methyl sites for hydroxylation is 2. The van der Waals surface area contributed by atoms with Crippen LogP contribution in [-0.2, 0) is 21.4 Å². The van der Waals surface area contributed by atoms with E-state index in [-0.39, 0.29) is 46.9 Å². The Kier molecular flexibility index (Phi) is 3.91. The van der Waals surface area contributed by atoms with Crippen molar-refractivity contribution in [2.45, 2.75) is 31.7 Å². The standard InChI is InChI=1S/C13H14N6O5S/c1-7-5-9(19(21)22)8(2)10(6-7)25(23,24)17-12-15-13-14-11(20)3-4-18(13)16-12/h5-6H,3-4H2,1-2H3,(H2,14,15,16,17,20). The van der Waals surface area contributed by atoms with Crippen LogP contribution in [0.1, 0.15) is 17.5 Å². The average molecular weight is 366 g/mol. The molecule has 1 aromatic carbocycles. The van der Waals surface area contributed by atoms with Crippen molar-refractivity contribution in [3.05, 3.63) is 33.4 Å². The molecule has 1 amide bonds. The maximum atomic E-state index is 12.6. The molecule has 0 fully saturated rings. The van der Waals surface area contributed by atoms with Crippen molar-refractivity contribution in [3.63, 3.8) is 0 Å². The minimum Gasteiger partial charge on any atom is -0.295 e. The van der Waals surface area contributed by atoms with Gasteiger partial charge in [0.15, 0.2) is 0 Å². The van der Waals surface area contributed by atoms with Crippen molar-refractivity contribution in [2.24, 2.45) is 0 Å². The van der Waals surface area contributed by atoms with Gasteiger partial charge in [-0.1, -0.05) is 0 Å². The zero-order valence-corrected chi connectivity index (χ0v) is 14.1. The third kappa shape index (κ3) is 3.15. The molecule has 132 valence electrons. The lowest BCUT2D eigenvalue weighted by molar-refractivity contribution is -0.385. The number of hydrogen-bond acceptors (Lipinski definition) is 7. The first-order valence-corrected chi connectivity index (χ1v) is 8.69. The minimum absolute atomic E-state index is 0.0142. The third-order valence-corrected chi connectivity index (χ3v) is 5.12. The number of carbonyl (C=O) groups is 1. The Morgan fingerprint density at radius 3 is 2.76 bits per heavy atom. The first-order chi connectivity index (χ1) is 11.7. The normalized spacial score (nSPS) is 13.9. The van der Waals surface area contributed by atoms with Gasteiger partial charge in [-0.2, -0.15) is 4.98 Å². The summed E-state index contributed by atoms with van der Waals surface area (Å²) in [4.78, 5) is 25.5. The zero-order chi connectivity index (χ0) is 18.4.